The molecule has 0 saturated heterocycles. The van der Waals surface area contributed by atoms with Crippen molar-refractivity contribution in [1.82, 2.24) is 25.1 Å². The molecule has 1 aliphatic heterocycles. The van der Waals surface area contributed by atoms with Gasteiger partial charge < -0.3 is 15.2 Å². The number of hydrogen-bond acceptors (Lipinski definition) is 5. The Labute approximate surface area is 159 Å². The molecule has 2 N–H and O–H groups in total. The highest BCUT2D eigenvalue weighted by Crippen LogP contribution is 2.42. The number of imidazole rings is 1. The van der Waals surface area contributed by atoms with E-state index in [9.17, 15) is 13.6 Å². The maximum Gasteiger partial charge on any atom is 0.249 e. The first-order valence-electron chi connectivity index (χ1n) is 9.20. The summed E-state index contributed by atoms with van der Waals surface area (Å²) < 4.78 is 28.1. The molecule has 3 heterocycles. The molecule has 28 heavy (non-hydrogen) atoms. The fourth-order valence-corrected chi connectivity index (χ4v) is 3.77. The van der Waals surface area contributed by atoms with Gasteiger partial charge in [-0.05, 0) is 18.2 Å². The Bertz CT molecular complexity index is 1070. The second-order valence-electron chi connectivity index (χ2n) is 7.34. The molecule has 2 aromatic heterocycles. The van der Waals surface area contributed by atoms with E-state index in [1.54, 1.807) is 6.07 Å². The fraction of sp³-hybridized carbons (Fsp3) is 0.368. The average molecular weight is 384 g/mol. The summed E-state index contributed by atoms with van der Waals surface area (Å²) in [6.07, 6.45) is 1.04. The largest absolute Gasteiger partial charge is 0.326 e. The topological polar surface area (TPSA) is 84.7 Å². The average Bonchev–Trinajstić information content (AvgIpc) is 3.09. The summed E-state index contributed by atoms with van der Waals surface area (Å²) >= 11 is 0. The van der Waals surface area contributed by atoms with Crippen LogP contribution < -0.4 is 10.6 Å². The van der Waals surface area contributed by atoms with Crippen LogP contribution in [0.4, 0.5) is 14.6 Å². The number of alkyl halides is 2. The van der Waals surface area contributed by atoms with E-state index in [1.807, 2.05) is 24.4 Å². The molecule has 2 aliphatic rings. The highest BCUT2D eigenvalue weighted by molar-refractivity contribution is 5.94. The van der Waals surface area contributed by atoms with Crippen LogP contribution in [-0.4, -0.2) is 38.1 Å². The first-order valence-corrected chi connectivity index (χ1v) is 9.20. The van der Waals surface area contributed by atoms with Crippen LogP contribution in [0.15, 0.2) is 30.5 Å². The van der Waals surface area contributed by atoms with Crippen LogP contribution in [0.1, 0.15) is 18.7 Å². The summed E-state index contributed by atoms with van der Waals surface area (Å²) in [4.78, 5) is 16.6. The fourth-order valence-electron chi connectivity index (χ4n) is 3.77. The molecule has 0 unspecified atom stereocenters. The molecular formula is C19H18F2N6O. The summed E-state index contributed by atoms with van der Waals surface area (Å²) in [6.45, 7) is 2.49. The van der Waals surface area contributed by atoms with Crippen molar-refractivity contribution in [2.24, 2.45) is 5.92 Å². The van der Waals surface area contributed by atoms with E-state index in [4.69, 9.17) is 0 Å². The van der Waals surface area contributed by atoms with Crippen LogP contribution in [0.2, 0.25) is 0 Å². The standard InChI is InChI=1S/C19H18F2N6O/c20-19(21)7-13(8-19)18(28)24-16-6-12-5-11(1-2-14(12)25-26-16)15-9-23-17-10-22-3-4-27(15)17/h1-2,5-6,9,13,22H,3-4,7-8,10H2,(H,24,26,28). The van der Waals surface area contributed by atoms with Gasteiger partial charge in [0.2, 0.25) is 11.8 Å². The number of carbonyl (C=O) groups is 1. The van der Waals surface area contributed by atoms with Crippen molar-refractivity contribution >= 4 is 22.6 Å². The van der Waals surface area contributed by atoms with Crippen LogP contribution in [0.25, 0.3) is 22.2 Å². The van der Waals surface area contributed by atoms with Crippen molar-refractivity contribution in [2.45, 2.75) is 31.9 Å². The van der Waals surface area contributed by atoms with Gasteiger partial charge in [-0.3, -0.25) is 4.79 Å². The Morgan fingerprint density at radius 3 is 2.93 bits per heavy atom. The second kappa shape index (κ2) is 6.30. The van der Waals surface area contributed by atoms with Gasteiger partial charge in [0.25, 0.3) is 0 Å². The summed E-state index contributed by atoms with van der Waals surface area (Å²) in [5.74, 6) is -2.58. The molecular weight excluding hydrogens is 366 g/mol. The molecule has 0 bridgehead atoms. The van der Waals surface area contributed by atoms with Crippen LogP contribution in [0.3, 0.4) is 0 Å². The lowest BCUT2D eigenvalue weighted by atomic mass is 9.81. The molecule has 1 fully saturated rings. The second-order valence-corrected chi connectivity index (χ2v) is 7.34. The normalized spacial score (nSPS) is 18.5. The highest BCUT2D eigenvalue weighted by Gasteiger charge is 2.48. The Morgan fingerprint density at radius 1 is 1.25 bits per heavy atom. The monoisotopic (exact) mass is 384 g/mol. The van der Waals surface area contributed by atoms with Crippen LogP contribution in [0, 0.1) is 5.92 Å². The minimum absolute atomic E-state index is 0.268. The number of halogens is 2. The number of nitrogens with one attached hydrogen (secondary N) is 2. The molecule has 1 amide bonds. The molecule has 9 heteroatoms. The SMILES string of the molecule is O=C(Nc1cc2cc(-c3cnc4n3CCNC4)ccc2nn1)C1CC(F)(F)C1. The van der Waals surface area contributed by atoms with Gasteiger partial charge in [0.15, 0.2) is 5.82 Å². The van der Waals surface area contributed by atoms with E-state index in [2.05, 4.69) is 30.4 Å². The van der Waals surface area contributed by atoms with Gasteiger partial charge >= 0.3 is 0 Å². The summed E-state index contributed by atoms with van der Waals surface area (Å²) in [7, 11) is 0. The number of anilines is 1. The van der Waals surface area contributed by atoms with Gasteiger partial charge in [0, 0.05) is 42.8 Å². The van der Waals surface area contributed by atoms with Crippen LogP contribution in [-0.2, 0) is 17.9 Å². The zero-order valence-corrected chi connectivity index (χ0v) is 15.0. The summed E-state index contributed by atoms with van der Waals surface area (Å²) in [5, 5.41) is 14.8. The van der Waals surface area contributed by atoms with E-state index in [-0.39, 0.29) is 5.82 Å². The Morgan fingerprint density at radius 2 is 2.11 bits per heavy atom. The molecule has 144 valence electrons. The lowest BCUT2D eigenvalue weighted by Crippen LogP contribution is -2.42. The number of amides is 1. The quantitative estimate of drug-likeness (QED) is 0.725. The predicted octanol–water partition coefficient (Wildman–Crippen LogP) is 2.58. The number of aromatic nitrogens is 4. The predicted molar refractivity (Wildman–Crippen MR) is 98.8 cm³/mol. The first-order chi connectivity index (χ1) is 13.5. The minimum Gasteiger partial charge on any atom is -0.326 e. The van der Waals surface area contributed by atoms with Crippen LogP contribution in [0.5, 0.6) is 0 Å². The number of carbonyl (C=O) groups excluding carboxylic acids is 1. The van der Waals surface area contributed by atoms with E-state index >= 15 is 0 Å². The molecule has 0 radical (unpaired) electrons. The van der Waals surface area contributed by atoms with Gasteiger partial charge in [-0.25, -0.2) is 13.8 Å². The molecule has 0 atom stereocenters. The molecule has 5 rings (SSSR count). The van der Waals surface area contributed by atoms with E-state index in [0.717, 1.165) is 42.1 Å². The Hall–Kier alpha value is -2.94. The number of benzene rings is 1. The Balaban J connectivity index is 1.42. The van der Waals surface area contributed by atoms with Crippen molar-refractivity contribution in [1.29, 1.82) is 0 Å². The van der Waals surface area contributed by atoms with E-state index in [0.29, 0.717) is 5.52 Å². The van der Waals surface area contributed by atoms with Crippen molar-refractivity contribution in [3.8, 4) is 11.3 Å². The van der Waals surface area contributed by atoms with Crippen LogP contribution >= 0.6 is 0 Å². The number of fused-ring (bicyclic) bond motifs is 2. The highest BCUT2D eigenvalue weighted by atomic mass is 19.3. The summed E-state index contributed by atoms with van der Waals surface area (Å²) in [6, 6.07) is 7.54. The smallest absolute Gasteiger partial charge is 0.249 e. The summed E-state index contributed by atoms with van der Waals surface area (Å²) in [5.41, 5.74) is 2.71. The van der Waals surface area contributed by atoms with Crippen molar-refractivity contribution in [2.75, 3.05) is 11.9 Å². The lowest BCUT2D eigenvalue weighted by Gasteiger charge is -2.33. The lowest BCUT2D eigenvalue weighted by molar-refractivity contribution is -0.145. The van der Waals surface area contributed by atoms with Gasteiger partial charge in [-0.15, -0.1) is 10.2 Å². The molecule has 1 saturated carbocycles. The molecule has 1 aromatic carbocycles. The van der Waals surface area contributed by atoms with Gasteiger partial charge in [0.05, 0.1) is 24.0 Å². The third-order valence-electron chi connectivity index (χ3n) is 5.33. The zero-order chi connectivity index (χ0) is 19.3. The van der Waals surface area contributed by atoms with Gasteiger partial charge in [-0.2, -0.15) is 0 Å². The zero-order valence-electron chi connectivity index (χ0n) is 15.0. The number of nitrogens with zero attached hydrogens (tertiary/aromatic N) is 4. The van der Waals surface area contributed by atoms with Crippen molar-refractivity contribution < 1.29 is 13.6 Å². The Kier molecular flexibility index (Phi) is 3.87. The number of hydrogen-bond donors (Lipinski definition) is 2. The maximum absolute atomic E-state index is 13.0. The third kappa shape index (κ3) is 3.01. The molecule has 3 aromatic rings. The first kappa shape index (κ1) is 17.2. The maximum atomic E-state index is 13.0. The number of rotatable bonds is 3. The molecule has 1 aliphatic carbocycles. The van der Waals surface area contributed by atoms with Crippen molar-refractivity contribution in [3.63, 3.8) is 0 Å². The molecule has 7 nitrogen and oxygen atoms in total. The minimum atomic E-state index is -2.73. The van der Waals surface area contributed by atoms with Gasteiger partial charge in [0.1, 0.15) is 5.82 Å². The third-order valence-corrected chi connectivity index (χ3v) is 5.33. The van der Waals surface area contributed by atoms with E-state index in [1.165, 1.54) is 0 Å². The van der Waals surface area contributed by atoms with Gasteiger partial charge in [-0.1, -0.05) is 6.07 Å². The van der Waals surface area contributed by atoms with Crippen molar-refractivity contribution in [3.05, 3.63) is 36.3 Å². The molecule has 0 spiro atoms. The van der Waals surface area contributed by atoms with E-state index < -0.39 is 30.6 Å².